The molecule has 6 heteroatoms. The zero-order valence-corrected chi connectivity index (χ0v) is 13.4. The molecule has 21 heavy (non-hydrogen) atoms. The molecule has 0 saturated heterocycles. The first kappa shape index (κ1) is 16.1. The molecule has 0 spiro atoms. The van der Waals surface area contributed by atoms with Crippen molar-refractivity contribution in [3.05, 3.63) is 18.2 Å². The van der Waals surface area contributed by atoms with E-state index in [0.29, 0.717) is 37.2 Å². The van der Waals surface area contributed by atoms with E-state index in [1.165, 1.54) is 6.07 Å². The van der Waals surface area contributed by atoms with E-state index in [1.54, 1.807) is 12.1 Å². The van der Waals surface area contributed by atoms with E-state index in [9.17, 15) is 8.42 Å². The van der Waals surface area contributed by atoms with Crippen molar-refractivity contribution < 1.29 is 17.9 Å². The highest BCUT2D eigenvalue weighted by Gasteiger charge is 2.19. The number of hydrogen-bond acceptors (Lipinski definition) is 4. The lowest BCUT2D eigenvalue weighted by Crippen LogP contribution is -2.29. The molecule has 1 aliphatic heterocycles. The zero-order chi connectivity index (χ0) is 15.3. The summed E-state index contributed by atoms with van der Waals surface area (Å²) in [5.74, 6) is 1.46. The number of hydrogen-bond donors (Lipinski definition) is 1. The van der Waals surface area contributed by atoms with Gasteiger partial charge < -0.3 is 9.47 Å². The highest BCUT2D eigenvalue weighted by atomic mass is 32.2. The molecule has 0 aromatic heterocycles. The lowest BCUT2D eigenvalue weighted by Gasteiger charge is -2.14. The lowest BCUT2D eigenvalue weighted by atomic mass is 10.0. The van der Waals surface area contributed by atoms with E-state index >= 15 is 0 Å². The minimum absolute atomic E-state index is 0.220. The molecule has 0 aliphatic carbocycles. The van der Waals surface area contributed by atoms with Crippen molar-refractivity contribution >= 4 is 10.0 Å². The fourth-order valence-electron chi connectivity index (χ4n) is 2.20. The third-order valence-corrected chi connectivity index (χ3v) is 5.17. The Bertz CT molecular complexity index is 567. The summed E-state index contributed by atoms with van der Waals surface area (Å²) in [6, 6.07) is 4.75. The van der Waals surface area contributed by atoms with Crippen LogP contribution in [0.4, 0.5) is 0 Å². The summed E-state index contributed by atoms with van der Waals surface area (Å²) < 4.78 is 38.4. The van der Waals surface area contributed by atoms with E-state index < -0.39 is 10.0 Å². The van der Waals surface area contributed by atoms with Gasteiger partial charge in [0.2, 0.25) is 10.0 Å². The smallest absolute Gasteiger partial charge is 0.240 e. The van der Waals surface area contributed by atoms with Crippen molar-refractivity contribution in [3.8, 4) is 11.5 Å². The molecule has 0 fully saturated rings. The van der Waals surface area contributed by atoms with Gasteiger partial charge in [-0.2, -0.15) is 0 Å². The van der Waals surface area contributed by atoms with E-state index in [-0.39, 0.29) is 4.90 Å². The van der Waals surface area contributed by atoms with Gasteiger partial charge in [0.1, 0.15) is 0 Å². The summed E-state index contributed by atoms with van der Waals surface area (Å²) in [5.41, 5.74) is 0. The van der Waals surface area contributed by atoms with Crippen LogP contribution in [0.1, 0.15) is 33.1 Å². The van der Waals surface area contributed by atoms with Crippen LogP contribution in [0.5, 0.6) is 11.5 Å². The van der Waals surface area contributed by atoms with Crippen molar-refractivity contribution in [1.82, 2.24) is 4.72 Å². The maximum Gasteiger partial charge on any atom is 0.240 e. The third-order valence-electron chi connectivity index (χ3n) is 3.75. The van der Waals surface area contributed by atoms with E-state index in [2.05, 4.69) is 18.6 Å². The second-order valence-corrected chi connectivity index (χ2v) is 6.96. The Hall–Kier alpha value is -1.27. The van der Waals surface area contributed by atoms with E-state index in [1.807, 2.05) is 0 Å². The van der Waals surface area contributed by atoms with Gasteiger partial charge in [0.25, 0.3) is 0 Å². The number of fused-ring (bicyclic) bond motifs is 1. The van der Waals surface area contributed by atoms with Crippen molar-refractivity contribution in [3.63, 3.8) is 0 Å². The summed E-state index contributed by atoms with van der Waals surface area (Å²) >= 11 is 0. The molecular weight excluding hydrogens is 290 g/mol. The fourth-order valence-corrected chi connectivity index (χ4v) is 3.33. The molecule has 0 bridgehead atoms. The molecule has 0 saturated carbocycles. The normalized spacial score (nSPS) is 15.0. The maximum absolute atomic E-state index is 12.3. The van der Waals surface area contributed by atoms with Gasteiger partial charge in [-0.05, 0) is 18.1 Å². The molecule has 0 unspecified atom stereocenters. The average Bonchev–Trinajstić information content (AvgIpc) is 2.72. The molecule has 0 atom stereocenters. The largest absolute Gasteiger partial charge is 0.490 e. The Morgan fingerprint density at radius 3 is 2.48 bits per heavy atom. The summed E-state index contributed by atoms with van der Waals surface area (Å²) in [4.78, 5) is 0.220. The Balaban J connectivity index is 2.14. The first-order valence-corrected chi connectivity index (χ1v) is 8.94. The first-order valence-electron chi connectivity index (χ1n) is 7.46. The highest BCUT2D eigenvalue weighted by molar-refractivity contribution is 7.89. The monoisotopic (exact) mass is 313 g/mol. The van der Waals surface area contributed by atoms with Crippen LogP contribution in [0.3, 0.4) is 0 Å². The SMILES string of the molecule is CCC(CC)CNS(=O)(=O)c1ccc2c(c1)OCCCO2. The summed E-state index contributed by atoms with van der Waals surface area (Å²) in [6.07, 6.45) is 2.71. The van der Waals surface area contributed by atoms with Crippen LogP contribution < -0.4 is 14.2 Å². The van der Waals surface area contributed by atoms with Crippen LogP contribution in [0.2, 0.25) is 0 Å². The maximum atomic E-state index is 12.3. The van der Waals surface area contributed by atoms with Crippen LogP contribution in [-0.2, 0) is 10.0 Å². The second-order valence-electron chi connectivity index (χ2n) is 5.19. The van der Waals surface area contributed by atoms with Crippen LogP contribution in [0.25, 0.3) is 0 Å². The molecular formula is C15H23NO4S. The van der Waals surface area contributed by atoms with Crippen molar-refractivity contribution in [2.75, 3.05) is 19.8 Å². The second kappa shape index (κ2) is 7.13. The average molecular weight is 313 g/mol. The summed E-state index contributed by atoms with van der Waals surface area (Å²) in [6.45, 7) is 5.72. The van der Waals surface area contributed by atoms with Gasteiger partial charge in [0.15, 0.2) is 11.5 Å². The van der Waals surface area contributed by atoms with Crippen molar-refractivity contribution in [2.24, 2.45) is 5.92 Å². The third kappa shape index (κ3) is 4.11. The minimum atomic E-state index is -3.51. The molecule has 1 aromatic rings. The molecule has 1 aliphatic rings. The lowest BCUT2D eigenvalue weighted by molar-refractivity contribution is 0.297. The number of benzene rings is 1. The number of sulfonamides is 1. The quantitative estimate of drug-likeness (QED) is 0.876. The van der Waals surface area contributed by atoms with Gasteiger partial charge in [-0.1, -0.05) is 26.7 Å². The molecule has 118 valence electrons. The Labute approximate surface area is 126 Å². The van der Waals surface area contributed by atoms with Gasteiger partial charge in [0, 0.05) is 19.0 Å². The van der Waals surface area contributed by atoms with E-state index in [0.717, 1.165) is 19.3 Å². The van der Waals surface area contributed by atoms with Gasteiger partial charge in [-0.25, -0.2) is 13.1 Å². The van der Waals surface area contributed by atoms with E-state index in [4.69, 9.17) is 9.47 Å². The van der Waals surface area contributed by atoms with Gasteiger partial charge >= 0.3 is 0 Å². The minimum Gasteiger partial charge on any atom is -0.490 e. The number of ether oxygens (including phenoxy) is 2. The first-order chi connectivity index (χ1) is 10.1. The molecule has 0 radical (unpaired) electrons. The summed E-state index contributed by atoms with van der Waals surface area (Å²) in [5, 5.41) is 0. The van der Waals surface area contributed by atoms with Gasteiger partial charge in [-0.15, -0.1) is 0 Å². The van der Waals surface area contributed by atoms with Crippen molar-refractivity contribution in [1.29, 1.82) is 0 Å². The van der Waals surface area contributed by atoms with Crippen LogP contribution in [-0.4, -0.2) is 28.2 Å². The van der Waals surface area contributed by atoms with Gasteiger partial charge in [-0.3, -0.25) is 0 Å². The Morgan fingerprint density at radius 1 is 1.14 bits per heavy atom. The number of nitrogens with one attached hydrogen (secondary N) is 1. The zero-order valence-electron chi connectivity index (χ0n) is 12.6. The summed E-state index contributed by atoms with van der Waals surface area (Å²) in [7, 11) is -3.51. The van der Waals surface area contributed by atoms with Crippen LogP contribution in [0.15, 0.2) is 23.1 Å². The predicted octanol–water partition coefficient (Wildman–Crippen LogP) is 2.56. The van der Waals surface area contributed by atoms with Gasteiger partial charge in [0.05, 0.1) is 18.1 Å². The molecule has 0 amide bonds. The molecule has 1 heterocycles. The Kier molecular flexibility index (Phi) is 5.47. The predicted molar refractivity (Wildman–Crippen MR) is 81.3 cm³/mol. The standard InChI is InChI=1S/C15H23NO4S/c1-3-12(4-2)11-16-21(17,18)13-6-7-14-15(10-13)20-9-5-8-19-14/h6-7,10,12,16H,3-5,8-9,11H2,1-2H3. The number of rotatable bonds is 6. The molecule has 1 aromatic carbocycles. The Morgan fingerprint density at radius 2 is 1.81 bits per heavy atom. The fraction of sp³-hybridized carbons (Fsp3) is 0.600. The van der Waals surface area contributed by atoms with Crippen molar-refractivity contribution in [2.45, 2.75) is 38.0 Å². The molecule has 1 N–H and O–H groups in total. The highest BCUT2D eigenvalue weighted by Crippen LogP contribution is 2.31. The van der Waals surface area contributed by atoms with Crippen LogP contribution >= 0.6 is 0 Å². The molecule has 5 nitrogen and oxygen atoms in total. The van der Waals surface area contributed by atoms with Crippen LogP contribution in [0, 0.1) is 5.92 Å². The molecule has 2 rings (SSSR count). The topological polar surface area (TPSA) is 64.6 Å².